The van der Waals surface area contributed by atoms with Crippen LogP contribution in [0.5, 0.6) is 0 Å². The monoisotopic (exact) mass is 330 g/mol. The SMILES string of the molecule is C=CC[C@H](O[C@@H](C)c1ccccc1)[C@H](C)/C(=C/C)OC(=O)C(C)C. The van der Waals surface area contributed by atoms with Crippen LogP contribution in [0.4, 0.5) is 0 Å². The maximum Gasteiger partial charge on any atom is 0.313 e. The minimum atomic E-state index is -0.219. The predicted molar refractivity (Wildman–Crippen MR) is 98.4 cm³/mol. The van der Waals surface area contributed by atoms with Crippen LogP contribution < -0.4 is 0 Å². The molecule has 0 unspecified atom stereocenters. The molecule has 0 radical (unpaired) electrons. The van der Waals surface area contributed by atoms with E-state index >= 15 is 0 Å². The quantitative estimate of drug-likeness (QED) is 0.343. The Morgan fingerprint density at radius 1 is 1.17 bits per heavy atom. The van der Waals surface area contributed by atoms with Gasteiger partial charge in [0.2, 0.25) is 0 Å². The van der Waals surface area contributed by atoms with Crippen LogP contribution in [0.3, 0.4) is 0 Å². The van der Waals surface area contributed by atoms with Gasteiger partial charge in [-0.2, -0.15) is 0 Å². The largest absolute Gasteiger partial charge is 0.431 e. The second-order valence-electron chi connectivity index (χ2n) is 6.31. The third-order valence-electron chi connectivity index (χ3n) is 4.03. The smallest absolute Gasteiger partial charge is 0.313 e. The van der Waals surface area contributed by atoms with E-state index in [1.54, 1.807) is 0 Å². The van der Waals surface area contributed by atoms with Gasteiger partial charge >= 0.3 is 5.97 Å². The zero-order valence-electron chi connectivity index (χ0n) is 15.5. The number of hydrogen-bond donors (Lipinski definition) is 0. The molecule has 0 amide bonds. The van der Waals surface area contributed by atoms with Crippen LogP contribution in [-0.2, 0) is 14.3 Å². The Morgan fingerprint density at radius 3 is 2.29 bits per heavy atom. The van der Waals surface area contributed by atoms with Crippen LogP contribution in [0.2, 0.25) is 0 Å². The number of carbonyl (C=O) groups excluding carboxylic acids is 1. The van der Waals surface area contributed by atoms with Crippen LogP contribution in [0.15, 0.2) is 54.8 Å². The second-order valence-corrected chi connectivity index (χ2v) is 6.31. The van der Waals surface area contributed by atoms with Crippen molar-refractivity contribution in [1.29, 1.82) is 0 Å². The van der Waals surface area contributed by atoms with Gasteiger partial charge in [-0.3, -0.25) is 4.79 Å². The molecule has 0 heterocycles. The van der Waals surface area contributed by atoms with E-state index in [1.807, 2.05) is 65.0 Å². The molecule has 0 spiro atoms. The lowest BCUT2D eigenvalue weighted by Crippen LogP contribution is -2.27. The maximum absolute atomic E-state index is 11.9. The van der Waals surface area contributed by atoms with E-state index in [2.05, 4.69) is 18.7 Å². The summed E-state index contributed by atoms with van der Waals surface area (Å²) in [5.41, 5.74) is 1.12. The maximum atomic E-state index is 11.9. The fraction of sp³-hybridized carbons (Fsp3) is 0.476. The molecule has 1 aromatic rings. The Kier molecular flexibility index (Phi) is 8.48. The fourth-order valence-corrected chi connectivity index (χ4v) is 2.44. The molecule has 0 saturated carbocycles. The van der Waals surface area contributed by atoms with Gasteiger partial charge in [0.25, 0.3) is 0 Å². The Bertz CT molecular complexity index is 545. The second kappa shape index (κ2) is 10.1. The highest BCUT2D eigenvalue weighted by Gasteiger charge is 2.26. The first-order valence-electron chi connectivity index (χ1n) is 8.59. The van der Waals surface area contributed by atoms with E-state index in [9.17, 15) is 4.79 Å². The van der Waals surface area contributed by atoms with Gasteiger partial charge in [0.15, 0.2) is 0 Å². The van der Waals surface area contributed by atoms with Crippen molar-refractivity contribution in [2.24, 2.45) is 11.8 Å². The van der Waals surface area contributed by atoms with Gasteiger partial charge < -0.3 is 9.47 Å². The minimum Gasteiger partial charge on any atom is -0.431 e. The number of ether oxygens (including phenoxy) is 2. The number of rotatable bonds is 9. The van der Waals surface area contributed by atoms with Gasteiger partial charge in [-0.15, -0.1) is 6.58 Å². The molecule has 0 aliphatic carbocycles. The molecule has 3 heteroatoms. The Labute approximate surface area is 146 Å². The van der Waals surface area contributed by atoms with Gasteiger partial charge in [-0.05, 0) is 31.9 Å². The summed E-state index contributed by atoms with van der Waals surface area (Å²) >= 11 is 0. The molecule has 0 fully saturated rings. The first-order chi connectivity index (χ1) is 11.4. The van der Waals surface area contributed by atoms with E-state index < -0.39 is 0 Å². The first kappa shape index (κ1) is 20.2. The molecular formula is C21H30O3. The van der Waals surface area contributed by atoms with Crippen molar-refractivity contribution in [1.82, 2.24) is 0 Å². The summed E-state index contributed by atoms with van der Waals surface area (Å²) in [4.78, 5) is 11.9. The number of allylic oxidation sites excluding steroid dienone is 1. The normalized spacial score (nSPS) is 15.7. The third-order valence-corrected chi connectivity index (χ3v) is 4.03. The van der Waals surface area contributed by atoms with Crippen molar-refractivity contribution >= 4 is 5.97 Å². The molecule has 3 atom stereocenters. The van der Waals surface area contributed by atoms with Crippen molar-refractivity contribution in [2.45, 2.75) is 53.2 Å². The van der Waals surface area contributed by atoms with Crippen molar-refractivity contribution in [2.75, 3.05) is 0 Å². The predicted octanol–water partition coefficient (Wildman–Crippen LogP) is 5.45. The van der Waals surface area contributed by atoms with E-state index in [-0.39, 0.29) is 30.0 Å². The molecule has 0 aliphatic rings. The average molecular weight is 330 g/mol. The first-order valence-corrected chi connectivity index (χ1v) is 8.59. The molecule has 1 rings (SSSR count). The molecule has 1 aromatic carbocycles. The molecule has 0 saturated heterocycles. The highest BCUT2D eigenvalue weighted by Crippen LogP contribution is 2.28. The van der Waals surface area contributed by atoms with Gasteiger partial charge in [0.05, 0.1) is 18.1 Å². The number of benzene rings is 1. The zero-order chi connectivity index (χ0) is 18.1. The summed E-state index contributed by atoms with van der Waals surface area (Å²) in [7, 11) is 0. The van der Waals surface area contributed by atoms with Crippen LogP contribution >= 0.6 is 0 Å². The topological polar surface area (TPSA) is 35.5 Å². The van der Waals surface area contributed by atoms with E-state index in [0.29, 0.717) is 12.2 Å². The van der Waals surface area contributed by atoms with E-state index in [1.165, 1.54) is 0 Å². The number of esters is 1. The summed E-state index contributed by atoms with van der Waals surface area (Å²) in [6.07, 6.45) is 4.23. The fourth-order valence-electron chi connectivity index (χ4n) is 2.44. The lowest BCUT2D eigenvalue weighted by Gasteiger charge is -2.28. The summed E-state index contributed by atoms with van der Waals surface area (Å²) < 4.78 is 11.8. The molecule has 0 aromatic heterocycles. The van der Waals surface area contributed by atoms with Gasteiger partial charge in [0, 0.05) is 5.92 Å². The van der Waals surface area contributed by atoms with Crippen molar-refractivity contribution in [3.63, 3.8) is 0 Å². The Hall–Kier alpha value is -1.87. The van der Waals surface area contributed by atoms with Crippen LogP contribution in [-0.4, -0.2) is 12.1 Å². The Morgan fingerprint density at radius 2 is 1.79 bits per heavy atom. The third kappa shape index (κ3) is 5.97. The summed E-state index contributed by atoms with van der Waals surface area (Å²) in [6, 6.07) is 10.1. The summed E-state index contributed by atoms with van der Waals surface area (Å²) in [5, 5.41) is 0. The summed E-state index contributed by atoms with van der Waals surface area (Å²) in [6.45, 7) is 13.4. The van der Waals surface area contributed by atoms with Crippen LogP contribution in [0, 0.1) is 11.8 Å². The highest BCUT2D eigenvalue weighted by molar-refractivity contribution is 5.72. The average Bonchev–Trinajstić information content (AvgIpc) is 2.59. The van der Waals surface area contributed by atoms with Gasteiger partial charge in [-0.25, -0.2) is 0 Å². The lowest BCUT2D eigenvalue weighted by atomic mass is 9.98. The Balaban J connectivity index is 2.85. The zero-order valence-corrected chi connectivity index (χ0v) is 15.5. The molecule has 0 aliphatic heterocycles. The molecular weight excluding hydrogens is 300 g/mol. The number of hydrogen-bond acceptors (Lipinski definition) is 3. The van der Waals surface area contributed by atoms with Crippen LogP contribution in [0.1, 0.15) is 52.7 Å². The molecule has 132 valence electrons. The van der Waals surface area contributed by atoms with Gasteiger partial charge in [0.1, 0.15) is 5.76 Å². The highest BCUT2D eigenvalue weighted by atomic mass is 16.5. The van der Waals surface area contributed by atoms with Crippen molar-refractivity contribution in [3.8, 4) is 0 Å². The standard InChI is InChI=1S/C21H30O3/c1-7-12-20(23-17(6)18-13-10-9-11-14-18)16(5)19(8-2)24-21(22)15(3)4/h7-11,13-17,20H,1,12H2,2-6H3/b19-8-/t16-,17+,20+/m1/s1. The lowest BCUT2D eigenvalue weighted by molar-refractivity contribution is -0.145. The van der Waals surface area contributed by atoms with Crippen molar-refractivity contribution in [3.05, 3.63) is 60.4 Å². The summed E-state index contributed by atoms with van der Waals surface area (Å²) in [5.74, 6) is 0.236. The molecule has 3 nitrogen and oxygen atoms in total. The van der Waals surface area contributed by atoms with Gasteiger partial charge in [-0.1, -0.05) is 57.2 Å². The van der Waals surface area contributed by atoms with E-state index in [4.69, 9.17) is 9.47 Å². The van der Waals surface area contributed by atoms with Crippen LogP contribution in [0.25, 0.3) is 0 Å². The van der Waals surface area contributed by atoms with Crippen molar-refractivity contribution < 1.29 is 14.3 Å². The number of carbonyl (C=O) groups is 1. The van der Waals surface area contributed by atoms with E-state index in [0.717, 1.165) is 5.56 Å². The molecule has 24 heavy (non-hydrogen) atoms. The molecule has 0 N–H and O–H groups in total. The molecule has 0 bridgehead atoms. The minimum absolute atomic E-state index is 0.0399.